The van der Waals surface area contributed by atoms with Gasteiger partial charge in [0.25, 0.3) is 0 Å². The van der Waals surface area contributed by atoms with E-state index in [1.54, 1.807) is 24.1 Å². The molecule has 6 nitrogen and oxygen atoms in total. The SMILES string of the molecule is Cn1cc(CC(C)(C(=O)O)C(=O)NC2CC2)cn1. The number of rotatable bonds is 5. The van der Waals surface area contributed by atoms with Crippen LogP contribution in [0.2, 0.25) is 0 Å². The number of nitrogens with one attached hydrogen (secondary N) is 1. The van der Waals surface area contributed by atoms with Crippen LogP contribution in [0.4, 0.5) is 0 Å². The van der Waals surface area contributed by atoms with Gasteiger partial charge in [0.15, 0.2) is 0 Å². The zero-order valence-electron chi connectivity index (χ0n) is 10.5. The highest BCUT2D eigenvalue weighted by atomic mass is 16.4. The van der Waals surface area contributed by atoms with Gasteiger partial charge in [0.2, 0.25) is 5.91 Å². The standard InChI is InChI=1S/C12H17N3O3/c1-12(11(17)18,10(16)14-9-3-4-9)5-8-6-13-15(2)7-8/h6-7,9H,3-5H2,1-2H3,(H,14,16)(H,17,18). The average molecular weight is 251 g/mol. The van der Waals surface area contributed by atoms with Crippen LogP contribution in [0, 0.1) is 5.41 Å². The number of aliphatic carboxylic acids is 1. The Morgan fingerprint density at radius 1 is 1.61 bits per heavy atom. The Balaban J connectivity index is 2.14. The van der Waals surface area contributed by atoms with Crippen molar-refractivity contribution in [3.8, 4) is 0 Å². The first-order chi connectivity index (χ1) is 8.41. The molecule has 2 rings (SSSR count). The molecule has 0 spiro atoms. The van der Waals surface area contributed by atoms with Crippen LogP contribution in [-0.4, -0.2) is 32.8 Å². The first-order valence-electron chi connectivity index (χ1n) is 5.94. The molecule has 1 saturated carbocycles. The second-order valence-electron chi connectivity index (χ2n) is 5.08. The molecule has 1 aromatic heterocycles. The second kappa shape index (κ2) is 4.44. The van der Waals surface area contributed by atoms with E-state index >= 15 is 0 Å². The molecule has 1 heterocycles. The summed E-state index contributed by atoms with van der Waals surface area (Å²) in [5.41, 5.74) is -0.695. The van der Waals surface area contributed by atoms with Crippen molar-refractivity contribution in [1.82, 2.24) is 15.1 Å². The lowest BCUT2D eigenvalue weighted by Gasteiger charge is -2.23. The van der Waals surface area contributed by atoms with Crippen LogP contribution in [0.25, 0.3) is 0 Å². The maximum absolute atomic E-state index is 12.0. The molecule has 0 saturated heterocycles. The Hall–Kier alpha value is -1.85. The van der Waals surface area contributed by atoms with E-state index in [0.717, 1.165) is 18.4 Å². The van der Waals surface area contributed by atoms with Crippen LogP contribution in [-0.2, 0) is 23.1 Å². The lowest BCUT2D eigenvalue weighted by molar-refractivity contribution is -0.154. The molecule has 1 amide bonds. The van der Waals surface area contributed by atoms with Gasteiger partial charge in [-0.3, -0.25) is 14.3 Å². The molecule has 0 radical (unpaired) electrons. The fourth-order valence-corrected chi connectivity index (χ4v) is 1.80. The Labute approximate surface area is 105 Å². The normalized spacial score (nSPS) is 18.1. The van der Waals surface area contributed by atoms with Crippen molar-refractivity contribution in [3.63, 3.8) is 0 Å². The summed E-state index contributed by atoms with van der Waals surface area (Å²) in [6.07, 6.45) is 5.34. The third kappa shape index (κ3) is 2.52. The van der Waals surface area contributed by atoms with Crippen molar-refractivity contribution in [2.45, 2.75) is 32.2 Å². The van der Waals surface area contributed by atoms with Crippen molar-refractivity contribution in [1.29, 1.82) is 0 Å². The molecule has 1 fully saturated rings. The van der Waals surface area contributed by atoms with Gasteiger partial charge >= 0.3 is 5.97 Å². The van der Waals surface area contributed by atoms with E-state index in [1.165, 1.54) is 6.92 Å². The number of aryl methyl sites for hydroxylation is 1. The Morgan fingerprint density at radius 3 is 2.72 bits per heavy atom. The molecule has 6 heteroatoms. The van der Waals surface area contributed by atoms with Gasteiger partial charge in [-0.15, -0.1) is 0 Å². The topological polar surface area (TPSA) is 84.2 Å². The van der Waals surface area contributed by atoms with E-state index in [-0.39, 0.29) is 12.5 Å². The minimum atomic E-state index is -1.44. The number of carbonyl (C=O) groups is 2. The minimum absolute atomic E-state index is 0.148. The first kappa shape index (κ1) is 12.6. The van der Waals surface area contributed by atoms with E-state index < -0.39 is 17.3 Å². The fraction of sp³-hybridized carbons (Fsp3) is 0.583. The highest BCUT2D eigenvalue weighted by Crippen LogP contribution is 2.26. The van der Waals surface area contributed by atoms with Crippen molar-refractivity contribution in [3.05, 3.63) is 18.0 Å². The van der Waals surface area contributed by atoms with E-state index in [4.69, 9.17) is 0 Å². The molecule has 18 heavy (non-hydrogen) atoms. The predicted octanol–water partition coefficient (Wildman–Crippen LogP) is 0.332. The molecular weight excluding hydrogens is 234 g/mol. The molecule has 1 atom stereocenters. The number of amides is 1. The molecule has 1 unspecified atom stereocenters. The largest absolute Gasteiger partial charge is 0.480 e. The lowest BCUT2D eigenvalue weighted by atomic mass is 9.83. The summed E-state index contributed by atoms with van der Waals surface area (Å²) in [6.45, 7) is 1.46. The van der Waals surface area contributed by atoms with Crippen molar-refractivity contribution < 1.29 is 14.7 Å². The number of carbonyl (C=O) groups excluding carboxylic acids is 1. The molecule has 1 aromatic rings. The van der Waals surface area contributed by atoms with E-state index in [0.29, 0.717) is 0 Å². The molecular formula is C12H17N3O3. The van der Waals surface area contributed by atoms with Gasteiger partial charge in [0.1, 0.15) is 5.41 Å². The van der Waals surface area contributed by atoms with Gasteiger partial charge in [0.05, 0.1) is 6.20 Å². The number of hydrogen-bond acceptors (Lipinski definition) is 3. The van der Waals surface area contributed by atoms with Gasteiger partial charge in [0, 0.05) is 25.7 Å². The number of carboxylic acids is 1. The summed E-state index contributed by atoms with van der Waals surface area (Å²) in [5.74, 6) is -1.52. The van der Waals surface area contributed by atoms with Crippen LogP contribution in [0.15, 0.2) is 12.4 Å². The zero-order chi connectivity index (χ0) is 13.3. The number of carboxylic acid groups (broad SMARTS) is 1. The summed E-state index contributed by atoms with van der Waals surface area (Å²) >= 11 is 0. The summed E-state index contributed by atoms with van der Waals surface area (Å²) in [5, 5.41) is 16.1. The predicted molar refractivity (Wildman–Crippen MR) is 63.8 cm³/mol. The zero-order valence-corrected chi connectivity index (χ0v) is 10.5. The van der Waals surface area contributed by atoms with Gasteiger partial charge in [-0.2, -0.15) is 5.10 Å². The number of aromatic nitrogens is 2. The maximum atomic E-state index is 12.0. The molecule has 0 aromatic carbocycles. The van der Waals surface area contributed by atoms with Crippen LogP contribution in [0.5, 0.6) is 0 Å². The summed E-state index contributed by atoms with van der Waals surface area (Å²) in [6, 6.07) is 0.157. The highest BCUT2D eigenvalue weighted by Gasteiger charge is 2.43. The van der Waals surface area contributed by atoms with Crippen molar-refractivity contribution in [2.75, 3.05) is 0 Å². The van der Waals surface area contributed by atoms with Gasteiger partial charge in [-0.1, -0.05) is 0 Å². The Morgan fingerprint density at radius 2 is 2.28 bits per heavy atom. The van der Waals surface area contributed by atoms with Crippen LogP contribution < -0.4 is 5.32 Å². The van der Waals surface area contributed by atoms with Gasteiger partial charge in [-0.25, -0.2) is 0 Å². The maximum Gasteiger partial charge on any atom is 0.319 e. The fourth-order valence-electron chi connectivity index (χ4n) is 1.80. The molecule has 0 aliphatic heterocycles. The van der Waals surface area contributed by atoms with E-state index in [9.17, 15) is 14.7 Å². The van der Waals surface area contributed by atoms with Crippen LogP contribution in [0.3, 0.4) is 0 Å². The van der Waals surface area contributed by atoms with Crippen LogP contribution >= 0.6 is 0 Å². The van der Waals surface area contributed by atoms with Crippen LogP contribution in [0.1, 0.15) is 25.3 Å². The Kier molecular flexibility index (Phi) is 3.11. The quantitative estimate of drug-likeness (QED) is 0.739. The third-order valence-electron chi connectivity index (χ3n) is 3.20. The monoisotopic (exact) mass is 251 g/mol. The number of nitrogens with zero attached hydrogens (tertiary/aromatic N) is 2. The van der Waals surface area contributed by atoms with Gasteiger partial charge in [-0.05, 0) is 25.3 Å². The molecule has 2 N–H and O–H groups in total. The first-order valence-corrected chi connectivity index (χ1v) is 5.94. The number of hydrogen-bond donors (Lipinski definition) is 2. The Bertz CT molecular complexity index is 479. The summed E-state index contributed by atoms with van der Waals surface area (Å²) in [4.78, 5) is 23.4. The smallest absolute Gasteiger partial charge is 0.319 e. The third-order valence-corrected chi connectivity index (χ3v) is 3.20. The summed E-state index contributed by atoms with van der Waals surface area (Å²) < 4.78 is 1.59. The van der Waals surface area contributed by atoms with E-state index in [1.807, 2.05) is 0 Å². The molecule has 1 aliphatic rings. The summed E-state index contributed by atoms with van der Waals surface area (Å²) in [7, 11) is 1.76. The molecule has 98 valence electrons. The molecule has 0 bridgehead atoms. The highest BCUT2D eigenvalue weighted by molar-refractivity contribution is 6.01. The lowest BCUT2D eigenvalue weighted by Crippen LogP contribution is -2.46. The molecule has 1 aliphatic carbocycles. The average Bonchev–Trinajstić information content (AvgIpc) is 3.01. The van der Waals surface area contributed by atoms with Gasteiger partial charge < -0.3 is 10.4 Å². The van der Waals surface area contributed by atoms with Crippen molar-refractivity contribution >= 4 is 11.9 Å². The minimum Gasteiger partial charge on any atom is -0.480 e. The second-order valence-corrected chi connectivity index (χ2v) is 5.08. The van der Waals surface area contributed by atoms with E-state index in [2.05, 4.69) is 10.4 Å². The van der Waals surface area contributed by atoms with Crippen molar-refractivity contribution in [2.24, 2.45) is 12.5 Å².